The van der Waals surface area contributed by atoms with Crippen LogP contribution in [0.1, 0.15) is 0 Å². The fourth-order valence-corrected chi connectivity index (χ4v) is 1.12. The van der Waals surface area contributed by atoms with E-state index in [0.29, 0.717) is 26.3 Å². The van der Waals surface area contributed by atoms with Gasteiger partial charge in [0.05, 0.1) is 20.3 Å². The summed E-state index contributed by atoms with van der Waals surface area (Å²) in [6, 6.07) is 3.69. The van der Waals surface area contributed by atoms with E-state index in [1.165, 1.54) is 0 Å². The first-order valence-electron chi connectivity index (χ1n) is 4.89. The SMILES string of the molecule is COc1cccnc1NCCOCCN. The molecule has 0 spiro atoms. The van der Waals surface area contributed by atoms with E-state index in [2.05, 4.69) is 10.3 Å². The van der Waals surface area contributed by atoms with Gasteiger partial charge in [-0.15, -0.1) is 0 Å². The van der Waals surface area contributed by atoms with Crippen LogP contribution in [0.3, 0.4) is 0 Å². The predicted octanol–water partition coefficient (Wildman–Crippen LogP) is 0.477. The summed E-state index contributed by atoms with van der Waals surface area (Å²) in [6.07, 6.45) is 1.71. The first-order chi connectivity index (χ1) is 7.38. The standard InChI is InChI=1S/C10H17N3O2/c1-14-9-3-2-5-12-10(9)13-6-8-15-7-4-11/h2-3,5H,4,6-8,11H2,1H3,(H,12,13). The van der Waals surface area contributed by atoms with E-state index < -0.39 is 0 Å². The number of ether oxygens (including phenoxy) is 2. The van der Waals surface area contributed by atoms with Gasteiger partial charge in [-0.05, 0) is 12.1 Å². The van der Waals surface area contributed by atoms with Gasteiger partial charge in [-0.2, -0.15) is 0 Å². The molecule has 0 aliphatic rings. The first-order valence-corrected chi connectivity index (χ1v) is 4.89. The molecule has 1 aromatic heterocycles. The van der Waals surface area contributed by atoms with Crippen LogP contribution in [0.25, 0.3) is 0 Å². The van der Waals surface area contributed by atoms with Crippen molar-refractivity contribution < 1.29 is 9.47 Å². The van der Waals surface area contributed by atoms with Crippen LogP contribution in [0.5, 0.6) is 5.75 Å². The molecule has 0 radical (unpaired) electrons. The highest BCUT2D eigenvalue weighted by molar-refractivity contribution is 5.49. The van der Waals surface area contributed by atoms with Crippen molar-refractivity contribution in [1.82, 2.24) is 4.98 Å². The molecular formula is C10H17N3O2. The molecule has 0 amide bonds. The molecule has 5 nitrogen and oxygen atoms in total. The van der Waals surface area contributed by atoms with Crippen LogP contribution in [0, 0.1) is 0 Å². The highest BCUT2D eigenvalue weighted by Crippen LogP contribution is 2.19. The zero-order chi connectivity index (χ0) is 10.9. The lowest BCUT2D eigenvalue weighted by Crippen LogP contribution is -2.15. The minimum absolute atomic E-state index is 0.549. The van der Waals surface area contributed by atoms with Gasteiger partial charge in [-0.25, -0.2) is 4.98 Å². The molecule has 0 aliphatic heterocycles. The summed E-state index contributed by atoms with van der Waals surface area (Å²) in [4.78, 5) is 4.15. The van der Waals surface area contributed by atoms with E-state index in [-0.39, 0.29) is 0 Å². The van der Waals surface area contributed by atoms with E-state index in [4.69, 9.17) is 15.2 Å². The number of nitrogens with zero attached hydrogens (tertiary/aromatic N) is 1. The number of rotatable bonds is 7. The number of pyridine rings is 1. The van der Waals surface area contributed by atoms with E-state index >= 15 is 0 Å². The quantitative estimate of drug-likeness (QED) is 0.642. The van der Waals surface area contributed by atoms with Crippen molar-refractivity contribution in [2.45, 2.75) is 0 Å². The van der Waals surface area contributed by atoms with Gasteiger partial charge in [0.2, 0.25) is 0 Å². The molecule has 0 aliphatic carbocycles. The maximum absolute atomic E-state index is 5.29. The second-order valence-corrected chi connectivity index (χ2v) is 2.88. The van der Waals surface area contributed by atoms with Gasteiger partial charge < -0.3 is 20.5 Å². The van der Waals surface area contributed by atoms with Crippen molar-refractivity contribution in [2.24, 2.45) is 5.73 Å². The number of aromatic nitrogens is 1. The minimum atomic E-state index is 0.549. The van der Waals surface area contributed by atoms with Crippen molar-refractivity contribution in [3.63, 3.8) is 0 Å². The fraction of sp³-hybridized carbons (Fsp3) is 0.500. The van der Waals surface area contributed by atoms with Crippen molar-refractivity contribution in [3.05, 3.63) is 18.3 Å². The van der Waals surface area contributed by atoms with E-state index in [1.54, 1.807) is 13.3 Å². The molecule has 0 bridgehead atoms. The zero-order valence-corrected chi connectivity index (χ0v) is 8.90. The molecule has 0 fully saturated rings. The Balaban J connectivity index is 2.30. The molecule has 0 unspecified atom stereocenters. The van der Waals surface area contributed by atoms with Crippen LogP contribution in [0.15, 0.2) is 18.3 Å². The van der Waals surface area contributed by atoms with Gasteiger partial charge in [0, 0.05) is 19.3 Å². The second-order valence-electron chi connectivity index (χ2n) is 2.88. The lowest BCUT2D eigenvalue weighted by molar-refractivity contribution is 0.151. The first kappa shape index (κ1) is 11.7. The van der Waals surface area contributed by atoms with Gasteiger partial charge in [0.15, 0.2) is 11.6 Å². The van der Waals surface area contributed by atoms with Crippen molar-refractivity contribution in [2.75, 3.05) is 38.7 Å². The molecule has 0 atom stereocenters. The van der Waals surface area contributed by atoms with Crippen LogP contribution >= 0.6 is 0 Å². The lowest BCUT2D eigenvalue weighted by atomic mass is 10.4. The van der Waals surface area contributed by atoms with Crippen molar-refractivity contribution >= 4 is 5.82 Å². The predicted molar refractivity (Wildman–Crippen MR) is 59.2 cm³/mol. The van der Waals surface area contributed by atoms with Gasteiger partial charge in [0.25, 0.3) is 0 Å². The Kier molecular flexibility index (Phi) is 5.50. The topological polar surface area (TPSA) is 69.4 Å². The summed E-state index contributed by atoms with van der Waals surface area (Å²) >= 11 is 0. The molecule has 3 N–H and O–H groups in total. The third kappa shape index (κ3) is 4.14. The molecule has 15 heavy (non-hydrogen) atoms. The normalized spacial score (nSPS) is 10.0. The summed E-state index contributed by atoms with van der Waals surface area (Å²) in [5, 5.41) is 3.12. The van der Waals surface area contributed by atoms with Crippen LogP contribution < -0.4 is 15.8 Å². The van der Waals surface area contributed by atoms with Gasteiger partial charge in [0.1, 0.15) is 0 Å². The number of nitrogens with two attached hydrogens (primary N) is 1. The van der Waals surface area contributed by atoms with Crippen LogP contribution in [-0.2, 0) is 4.74 Å². The van der Waals surface area contributed by atoms with Crippen LogP contribution in [0.4, 0.5) is 5.82 Å². The number of hydrogen-bond acceptors (Lipinski definition) is 5. The molecule has 0 saturated carbocycles. The summed E-state index contributed by atoms with van der Waals surface area (Å²) in [6.45, 7) is 2.43. The fourth-order valence-electron chi connectivity index (χ4n) is 1.12. The van der Waals surface area contributed by atoms with Crippen LogP contribution in [0.2, 0.25) is 0 Å². The number of methoxy groups -OCH3 is 1. The maximum atomic E-state index is 5.29. The highest BCUT2D eigenvalue weighted by Gasteiger charge is 2.00. The number of hydrogen-bond donors (Lipinski definition) is 2. The van der Waals surface area contributed by atoms with E-state index in [1.807, 2.05) is 12.1 Å². The highest BCUT2D eigenvalue weighted by atomic mass is 16.5. The smallest absolute Gasteiger partial charge is 0.168 e. The summed E-state index contributed by atoms with van der Waals surface area (Å²) in [5.74, 6) is 1.47. The number of nitrogens with one attached hydrogen (secondary N) is 1. The average molecular weight is 211 g/mol. The minimum Gasteiger partial charge on any atom is -0.493 e. The second kappa shape index (κ2) is 7.03. The summed E-state index contributed by atoms with van der Waals surface area (Å²) in [5.41, 5.74) is 5.29. The summed E-state index contributed by atoms with van der Waals surface area (Å²) < 4.78 is 10.4. The van der Waals surface area contributed by atoms with E-state index in [9.17, 15) is 0 Å². The molecular weight excluding hydrogens is 194 g/mol. The van der Waals surface area contributed by atoms with Gasteiger partial charge >= 0.3 is 0 Å². The summed E-state index contributed by atoms with van der Waals surface area (Å²) in [7, 11) is 1.62. The molecule has 1 aromatic rings. The van der Waals surface area contributed by atoms with E-state index in [0.717, 1.165) is 11.6 Å². The molecule has 0 aromatic carbocycles. The lowest BCUT2D eigenvalue weighted by Gasteiger charge is -2.09. The Morgan fingerprint density at radius 1 is 1.47 bits per heavy atom. The molecule has 1 rings (SSSR count). The van der Waals surface area contributed by atoms with Crippen LogP contribution in [-0.4, -0.2) is 38.4 Å². The largest absolute Gasteiger partial charge is 0.493 e. The Labute approximate surface area is 89.6 Å². The third-order valence-corrected chi connectivity index (χ3v) is 1.79. The molecule has 0 saturated heterocycles. The van der Waals surface area contributed by atoms with Gasteiger partial charge in [-0.1, -0.05) is 0 Å². The molecule has 1 heterocycles. The Bertz CT molecular complexity index is 281. The van der Waals surface area contributed by atoms with Crippen molar-refractivity contribution in [1.29, 1.82) is 0 Å². The maximum Gasteiger partial charge on any atom is 0.168 e. The Morgan fingerprint density at radius 3 is 3.07 bits per heavy atom. The Hall–Kier alpha value is -1.33. The average Bonchev–Trinajstić information content (AvgIpc) is 2.29. The molecule has 84 valence electrons. The number of anilines is 1. The molecule has 5 heteroatoms. The third-order valence-electron chi connectivity index (χ3n) is 1.79. The zero-order valence-electron chi connectivity index (χ0n) is 8.90. The van der Waals surface area contributed by atoms with Crippen molar-refractivity contribution in [3.8, 4) is 5.75 Å². The monoisotopic (exact) mass is 211 g/mol. The van der Waals surface area contributed by atoms with Gasteiger partial charge in [-0.3, -0.25) is 0 Å². The Morgan fingerprint density at radius 2 is 2.33 bits per heavy atom.